The lowest BCUT2D eigenvalue weighted by atomic mass is 10.3. The topological polar surface area (TPSA) is 82.5 Å². The Bertz CT molecular complexity index is 1140. The average Bonchev–Trinajstić information content (AvgIpc) is 3.16. The molecule has 0 saturated heterocycles. The maximum absolute atomic E-state index is 6.27. The highest BCUT2D eigenvalue weighted by Gasteiger charge is 2.18. The van der Waals surface area contributed by atoms with Gasteiger partial charge >= 0.3 is 0 Å². The monoisotopic (exact) mass is 420 g/mol. The van der Waals surface area contributed by atoms with Crippen molar-refractivity contribution >= 4 is 79.0 Å². The fourth-order valence-corrected chi connectivity index (χ4v) is 4.94. The molecule has 0 atom stereocenters. The van der Waals surface area contributed by atoms with Crippen LogP contribution in [0.25, 0.3) is 21.4 Å². The molecule has 2 N–H and O–H groups in total. The van der Waals surface area contributed by atoms with Gasteiger partial charge in [0.25, 0.3) is 0 Å². The highest BCUT2D eigenvalue weighted by atomic mass is 35.5. The number of hydrogen-bond acceptors (Lipinski definition) is 8. The standard InChI is InChI=1S/C16H13ClN6S3/c1-8(24)5-6-23-14-11(13(18)19-7-20-14)22-15(23)26-16-21-10-4-2-3-9(17)12(10)25-16/h2-4,7H,5-6H2,1H3,(H2,18,19,20). The fourth-order valence-electron chi connectivity index (χ4n) is 2.50. The number of thiazole rings is 1. The Labute approximate surface area is 167 Å². The molecule has 1 aromatic carbocycles. The van der Waals surface area contributed by atoms with Gasteiger partial charge in [0.1, 0.15) is 6.33 Å². The second-order valence-corrected chi connectivity index (χ2v) is 8.92. The van der Waals surface area contributed by atoms with Crippen LogP contribution in [0.5, 0.6) is 0 Å². The molecule has 0 bridgehead atoms. The third kappa shape index (κ3) is 3.27. The van der Waals surface area contributed by atoms with Crippen molar-refractivity contribution in [1.82, 2.24) is 24.5 Å². The molecular formula is C16H13ClN6S3. The second kappa shape index (κ2) is 7.07. The fraction of sp³-hybridized carbons (Fsp3) is 0.188. The average molecular weight is 421 g/mol. The van der Waals surface area contributed by atoms with E-state index in [9.17, 15) is 0 Å². The third-order valence-corrected chi connectivity index (χ3v) is 6.53. The molecule has 0 aliphatic heterocycles. The summed E-state index contributed by atoms with van der Waals surface area (Å²) in [4.78, 5) is 18.6. The van der Waals surface area contributed by atoms with E-state index in [-0.39, 0.29) is 0 Å². The summed E-state index contributed by atoms with van der Waals surface area (Å²) in [6.07, 6.45) is 2.20. The van der Waals surface area contributed by atoms with E-state index in [0.29, 0.717) is 28.5 Å². The third-order valence-electron chi connectivity index (χ3n) is 3.74. The van der Waals surface area contributed by atoms with Crippen molar-refractivity contribution < 1.29 is 0 Å². The molecule has 3 heterocycles. The number of nitrogen functional groups attached to an aromatic ring is 1. The first-order chi connectivity index (χ1) is 12.5. The molecule has 0 fully saturated rings. The number of rotatable bonds is 5. The lowest BCUT2D eigenvalue weighted by molar-refractivity contribution is 0.670. The Hall–Kier alpha value is -1.81. The number of benzene rings is 1. The summed E-state index contributed by atoms with van der Waals surface area (Å²) in [5, 5.41) is 1.46. The first kappa shape index (κ1) is 17.6. The summed E-state index contributed by atoms with van der Waals surface area (Å²) in [6.45, 7) is 2.61. The predicted octanol–water partition coefficient (Wildman–Crippen LogP) is 4.60. The SMILES string of the molecule is CC(=S)CCn1c(Sc2nc3cccc(Cl)c3s2)nc2c(N)ncnc21. The van der Waals surface area contributed by atoms with Crippen LogP contribution in [0.3, 0.4) is 0 Å². The van der Waals surface area contributed by atoms with E-state index in [1.54, 1.807) is 0 Å². The van der Waals surface area contributed by atoms with Gasteiger partial charge in [0.2, 0.25) is 0 Å². The van der Waals surface area contributed by atoms with E-state index in [0.717, 1.165) is 31.0 Å². The Balaban J connectivity index is 1.78. The second-order valence-electron chi connectivity index (χ2n) is 5.60. The molecule has 0 aliphatic rings. The molecule has 0 radical (unpaired) electrons. The first-order valence-electron chi connectivity index (χ1n) is 7.72. The number of fused-ring (bicyclic) bond motifs is 2. The van der Waals surface area contributed by atoms with Gasteiger partial charge in [0.15, 0.2) is 26.5 Å². The molecule has 0 amide bonds. The van der Waals surface area contributed by atoms with Gasteiger partial charge in [-0.2, -0.15) is 0 Å². The summed E-state index contributed by atoms with van der Waals surface area (Å²) < 4.78 is 3.84. The number of aryl methyl sites for hydroxylation is 1. The number of thiocarbonyl (C=S) groups is 1. The highest BCUT2D eigenvalue weighted by molar-refractivity contribution is 8.01. The number of hydrogen-bond donors (Lipinski definition) is 1. The van der Waals surface area contributed by atoms with Crippen LogP contribution in [0, 0.1) is 0 Å². The van der Waals surface area contributed by atoms with Gasteiger partial charge in [0, 0.05) is 6.54 Å². The Morgan fingerprint density at radius 2 is 2.19 bits per heavy atom. The molecule has 0 saturated carbocycles. The summed E-state index contributed by atoms with van der Waals surface area (Å²) in [7, 11) is 0. The maximum atomic E-state index is 6.27. The molecule has 3 aromatic heterocycles. The maximum Gasteiger partial charge on any atom is 0.177 e. The minimum absolute atomic E-state index is 0.363. The smallest absolute Gasteiger partial charge is 0.177 e. The van der Waals surface area contributed by atoms with Crippen LogP contribution in [0.15, 0.2) is 34.0 Å². The van der Waals surface area contributed by atoms with Crippen molar-refractivity contribution in [3.8, 4) is 0 Å². The first-order valence-corrected chi connectivity index (χ1v) is 10.1. The normalized spacial score (nSPS) is 11.5. The minimum atomic E-state index is 0.363. The van der Waals surface area contributed by atoms with Crippen molar-refractivity contribution in [3.05, 3.63) is 29.5 Å². The zero-order chi connectivity index (χ0) is 18.3. The molecule has 0 spiro atoms. The van der Waals surface area contributed by atoms with Crippen molar-refractivity contribution in [3.63, 3.8) is 0 Å². The molecule has 0 unspecified atom stereocenters. The van der Waals surface area contributed by atoms with E-state index < -0.39 is 0 Å². The van der Waals surface area contributed by atoms with Crippen LogP contribution < -0.4 is 5.73 Å². The molecule has 132 valence electrons. The zero-order valence-corrected chi connectivity index (χ0v) is 16.8. The van der Waals surface area contributed by atoms with Crippen LogP contribution in [0.2, 0.25) is 5.02 Å². The molecule has 6 nitrogen and oxygen atoms in total. The van der Waals surface area contributed by atoms with E-state index >= 15 is 0 Å². The van der Waals surface area contributed by atoms with Crippen LogP contribution in [0.1, 0.15) is 13.3 Å². The van der Waals surface area contributed by atoms with E-state index in [2.05, 4.69) is 19.9 Å². The number of nitrogens with zero attached hydrogens (tertiary/aromatic N) is 5. The van der Waals surface area contributed by atoms with Crippen molar-refractivity contribution in [2.75, 3.05) is 5.73 Å². The van der Waals surface area contributed by atoms with Crippen LogP contribution >= 0.6 is 46.9 Å². The zero-order valence-electron chi connectivity index (χ0n) is 13.6. The number of aromatic nitrogens is 5. The summed E-state index contributed by atoms with van der Waals surface area (Å²) in [6, 6.07) is 5.71. The van der Waals surface area contributed by atoms with Gasteiger partial charge in [-0.25, -0.2) is 19.9 Å². The molecule has 4 rings (SSSR count). The quantitative estimate of drug-likeness (QED) is 0.472. The number of imidazole rings is 1. The number of halogens is 1. The number of nitrogens with two attached hydrogens (primary N) is 1. The Morgan fingerprint density at radius 3 is 2.96 bits per heavy atom. The summed E-state index contributed by atoms with van der Waals surface area (Å²) in [5.41, 5.74) is 8.15. The largest absolute Gasteiger partial charge is 0.382 e. The molecular weight excluding hydrogens is 408 g/mol. The summed E-state index contributed by atoms with van der Waals surface area (Å²) >= 11 is 14.5. The molecule has 0 aliphatic carbocycles. The molecule has 4 aromatic rings. The van der Waals surface area contributed by atoms with Gasteiger partial charge < -0.3 is 10.3 Å². The van der Waals surface area contributed by atoms with E-state index in [1.807, 2.05) is 29.7 Å². The van der Waals surface area contributed by atoms with Crippen molar-refractivity contribution in [2.45, 2.75) is 29.4 Å². The number of anilines is 1. The molecule has 26 heavy (non-hydrogen) atoms. The lowest BCUT2D eigenvalue weighted by Crippen LogP contribution is -2.04. The predicted molar refractivity (Wildman–Crippen MR) is 111 cm³/mol. The van der Waals surface area contributed by atoms with Gasteiger partial charge in [-0.3, -0.25) is 0 Å². The van der Waals surface area contributed by atoms with Gasteiger partial charge in [-0.05, 0) is 42.1 Å². The van der Waals surface area contributed by atoms with Crippen LogP contribution in [0.4, 0.5) is 5.82 Å². The van der Waals surface area contributed by atoms with Gasteiger partial charge in [-0.1, -0.05) is 29.9 Å². The lowest BCUT2D eigenvalue weighted by Gasteiger charge is -2.06. The van der Waals surface area contributed by atoms with Gasteiger partial charge in [-0.15, -0.1) is 11.3 Å². The van der Waals surface area contributed by atoms with Crippen molar-refractivity contribution in [2.24, 2.45) is 0 Å². The summed E-state index contributed by atoms with van der Waals surface area (Å²) in [5.74, 6) is 0.363. The van der Waals surface area contributed by atoms with Crippen LogP contribution in [-0.2, 0) is 6.54 Å². The van der Waals surface area contributed by atoms with Gasteiger partial charge in [0.05, 0.1) is 15.2 Å². The van der Waals surface area contributed by atoms with E-state index in [4.69, 9.17) is 29.6 Å². The molecule has 10 heteroatoms. The Kier molecular flexibility index (Phi) is 4.78. The van der Waals surface area contributed by atoms with Crippen molar-refractivity contribution in [1.29, 1.82) is 0 Å². The minimum Gasteiger partial charge on any atom is -0.382 e. The Morgan fingerprint density at radius 1 is 1.35 bits per heavy atom. The van der Waals surface area contributed by atoms with Crippen LogP contribution in [-0.4, -0.2) is 29.4 Å². The highest BCUT2D eigenvalue weighted by Crippen LogP contribution is 2.38. The van der Waals surface area contributed by atoms with E-state index in [1.165, 1.54) is 29.4 Å².